The third kappa shape index (κ3) is 8.56. The van der Waals surface area contributed by atoms with Crippen molar-refractivity contribution in [3.63, 3.8) is 0 Å². The first-order chi connectivity index (χ1) is 18.8. The summed E-state index contributed by atoms with van der Waals surface area (Å²) in [6.07, 6.45) is 5.89. The Balaban J connectivity index is 0.00000119. The summed E-state index contributed by atoms with van der Waals surface area (Å²) in [5.41, 5.74) is 5.49. The summed E-state index contributed by atoms with van der Waals surface area (Å²) in [5, 5.41) is 18.8. The lowest BCUT2D eigenvalue weighted by Crippen LogP contribution is -2.34. The molecule has 0 N–H and O–H groups in total. The van der Waals surface area contributed by atoms with Gasteiger partial charge in [0.15, 0.2) is 11.3 Å². The highest BCUT2D eigenvalue weighted by atomic mass is 127. The van der Waals surface area contributed by atoms with Gasteiger partial charge < -0.3 is 4.74 Å². The van der Waals surface area contributed by atoms with Gasteiger partial charge in [-0.05, 0) is 60.6 Å². The molecule has 0 aliphatic rings. The van der Waals surface area contributed by atoms with Gasteiger partial charge in [-0.25, -0.2) is 9.44 Å². The van der Waals surface area contributed by atoms with E-state index in [9.17, 15) is 0 Å². The van der Waals surface area contributed by atoms with Gasteiger partial charge in [0.05, 0.1) is 24.0 Å². The molecule has 4 aromatic rings. The number of aryl methyl sites for hydroxylation is 3. The number of rotatable bonds is 9. The van der Waals surface area contributed by atoms with Crippen LogP contribution >= 0.6 is 28.4 Å². The molecule has 10 nitrogen and oxygen atoms in total. The van der Waals surface area contributed by atoms with Gasteiger partial charge in [-0.3, -0.25) is 9.58 Å². The van der Waals surface area contributed by atoms with Crippen LogP contribution in [0.3, 0.4) is 0 Å². The van der Waals surface area contributed by atoms with Crippen LogP contribution in [0.2, 0.25) is 0 Å². The topological polar surface area (TPSA) is 91.7 Å². The van der Waals surface area contributed by atoms with Crippen molar-refractivity contribution in [3.05, 3.63) is 42.0 Å². The fourth-order valence-corrected chi connectivity index (χ4v) is 4.96. The Labute approximate surface area is 248 Å². The molecular formula is C27H45IN9OP. The third-order valence-electron chi connectivity index (χ3n) is 5.66. The van der Waals surface area contributed by atoms with E-state index in [-0.39, 0.29) is 6.04 Å². The first kappa shape index (κ1) is 34.7. The zero-order valence-electron chi connectivity index (χ0n) is 25.3. The quantitative estimate of drug-likeness (QED) is 0.145. The fourth-order valence-electron chi connectivity index (χ4n) is 3.55. The third-order valence-corrected chi connectivity index (χ3v) is 7.51. The summed E-state index contributed by atoms with van der Waals surface area (Å²) in [6, 6.07) is 2.18. The Morgan fingerprint density at radius 1 is 1.10 bits per heavy atom. The van der Waals surface area contributed by atoms with E-state index in [0.29, 0.717) is 24.6 Å². The van der Waals surface area contributed by atoms with Gasteiger partial charge in [0.1, 0.15) is 6.61 Å². The highest BCUT2D eigenvalue weighted by Gasteiger charge is 2.20. The largest absolute Gasteiger partial charge is 0.473 e. The summed E-state index contributed by atoms with van der Waals surface area (Å²) in [4.78, 5) is 8.39. The fraction of sp³-hybridized carbons (Fsp3) is 0.519. The second-order valence-corrected chi connectivity index (χ2v) is 10.0. The number of fused-ring (bicyclic) bond motifs is 1. The summed E-state index contributed by atoms with van der Waals surface area (Å²) in [7, 11) is 5.83. The maximum Gasteiger partial charge on any atom is 0.261 e. The monoisotopic (exact) mass is 669 g/mol. The highest BCUT2D eigenvalue weighted by molar-refractivity contribution is 14.2. The van der Waals surface area contributed by atoms with Crippen molar-refractivity contribution >= 4 is 45.5 Å². The Hall–Kier alpha value is -2.37. The Bertz CT molecular complexity index is 1280. The zero-order chi connectivity index (χ0) is 29.7. The molecule has 216 valence electrons. The van der Waals surface area contributed by atoms with Gasteiger partial charge >= 0.3 is 0 Å². The molecule has 0 saturated carbocycles. The first-order valence-corrected chi connectivity index (χ1v) is 17.5. The zero-order valence-corrected chi connectivity index (χ0v) is 28.5. The van der Waals surface area contributed by atoms with Crippen LogP contribution in [0.5, 0.6) is 5.88 Å². The van der Waals surface area contributed by atoms with Gasteiger partial charge in [-0.2, -0.15) is 15.0 Å². The van der Waals surface area contributed by atoms with Crippen molar-refractivity contribution in [2.75, 3.05) is 13.7 Å². The number of pyridine rings is 1. The van der Waals surface area contributed by atoms with Gasteiger partial charge in [0, 0.05) is 43.8 Å². The molecule has 0 bridgehead atoms. The van der Waals surface area contributed by atoms with Crippen LogP contribution in [-0.4, -0.2) is 63.9 Å². The average Bonchev–Trinajstić information content (AvgIpc) is 3.64. The van der Waals surface area contributed by atoms with Crippen LogP contribution in [-0.2, 0) is 20.6 Å². The Kier molecular flexibility index (Phi) is 15.4. The van der Waals surface area contributed by atoms with Crippen LogP contribution in [0.1, 0.15) is 65.4 Å². The second kappa shape index (κ2) is 17.3. The van der Waals surface area contributed by atoms with Crippen LogP contribution in [0.15, 0.2) is 25.0 Å². The van der Waals surface area contributed by atoms with Crippen molar-refractivity contribution in [1.82, 2.24) is 44.2 Å². The van der Waals surface area contributed by atoms with Gasteiger partial charge in [-0.1, -0.05) is 48.1 Å². The van der Waals surface area contributed by atoms with Gasteiger partial charge in [-0.15, -0.1) is 10.2 Å². The van der Waals surface area contributed by atoms with Gasteiger partial charge in [0.2, 0.25) is 0 Å². The van der Waals surface area contributed by atoms with Crippen LogP contribution in [0.25, 0.3) is 28.4 Å². The molecule has 39 heavy (non-hydrogen) atoms. The minimum Gasteiger partial charge on any atom is -0.473 e. The van der Waals surface area contributed by atoms with E-state index in [1.165, 1.54) is 16.1 Å². The number of hydrogen-bond acceptors (Lipinski definition) is 7. The summed E-state index contributed by atoms with van der Waals surface area (Å²) >= 11 is 2.29. The van der Waals surface area contributed by atoms with E-state index in [1.54, 1.807) is 19.3 Å². The summed E-state index contributed by atoms with van der Waals surface area (Å²) < 4.78 is 9.94. The minimum atomic E-state index is 0.157. The average molecular weight is 670 g/mol. The number of ether oxygens (including phenoxy) is 1. The lowest BCUT2D eigenvalue weighted by molar-refractivity contribution is 0.161. The molecule has 2 atom stereocenters. The molecule has 0 aliphatic heterocycles. The Morgan fingerprint density at radius 2 is 1.77 bits per heavy atom. The van der Waals surface area contributed by atoms with Crippen molar-refractivity contribution in [2.24, 2.45) is 14.1 Å². The second-order valence-electron chi connectivity index (χ2n) is 8.00. The number of hydrogen-bond donors (Lipinski definition) is 0. The van der Waals surface area contributed by atoms with E-state index in [4.69, 9.17) is 4.74 Å². The lowest BCUT2D eigenvalue weighted by atomic mass is 10.1. The minimum absolute atomic E-state index is 0.157. The molecule has 4 rings (SSSR count). The number of halogens is 1. The number of nitrogens with zero attached hydrogens (tertiary/aromatic N) is 9. The predicted octanol–water partition coefficient (Wildman–Crippen LogP) is 6.68. The summed E-state index contributed by atoms with van der Waals surface area (Å²) in [5.74, 6) is 0.485. The van der Waals surface area contributed by atoms with Gasteiger partial charge in [0.25, 0.3) is 5.88 Å². The normalized spacial score (nSPS) is 11.4. The van der Waals surface area contributed by atoms with E-state index in [0.717, 1.165) is 28.8 Å². The molecule has 4 heterocycles. The number of aromatic nitrogens is 8. The molecule has 0 saturated heterocycles. The maximum atomic E-state index is 6.14. The molecule has 0 aliphatic carbocycles. The van der Waals surface area contributed by atoms with E-state index >= 15 is 0 Å². The van der Waals surface area contributed by atoms with Crippen molar-refractivity contribution in [1.29, 1.82) is 0 Å². The van der Waals surface area contributed by atoms with Crippen molar-refractivity contribution in [2.45, 2.75) is 68.0 Å². The standard InChI is InChI=1S/C21H27IN9OP.3C2H6/c1-7-17-16-8-15(10-23-20(16)31(25-17)33-22)19-21(27-30(6)26-19)32-12-14(3)28(4)11-18-13(2)9-24-29(18)5;3*1-2/h7-10,14,33H,1,11-12H2,2-6H3;3*1-2H3. The molecule has 0 aromatic carbocycles. The molecule has 0 fully saturated rings. The molecule has 4 aromatic heterocycles. The van der Waals surface area contributed by atoms with Crippen LogP contribution in [0, 0.1) is 6.92 Å². The molecule has 0 spiro atoms. The Morgan fingerprint density at radius 3 is 2.33 bits per heavy atom. The van der Waals surface area contributed by atoms with Crippen molar-refractivity contribution in [3.8, 4) is 17.1 Å². The molecule has 0 amide bonds. The van der Waals surface area contributed by atoms with E-state index < -0.39 is 0 Å². The van der Waals surface area contributed by atoms with Crippen LogP contribution in [0.4, 0.5) is 0 Å². The number of likely N-dealkylation sites (N-methyl/N-ethyl adjacent to an activating group) is 1. The molecule has 12 heteroatoms. The highest BCUT2D eigenvalue weighted by Crippen LogP contribution is 2.33. The maximum absolute atomic E-state index is 6.14. The van der Waals surface area contributed by atoms with Crippen molar-refractivity contribution < 1.29 is 4.74 Å². The van der Waals surface area contributed by atoms with E-state index in [1.807, 2.05) is 70.0 Å². The molecule has 0 radical (unpaired) electrons. The molecular weight excluding hydrogens is 624 g/mol. The lowest BCUT2D eigenvalue weighted by Gasteiger charge is -2.24. The predicted molar refractivity (Wildman–Crippen MR) is 174 cm³/mol. The van der Waals surface area contributed by atoms with Crippen LogP contribution < -0.4 is 4.74 Å². The van der Waals surface area contributed by atoms with E-state index in [2.05, 4.69) is 79.8 Å². The first-order valence-electron chi connectivity index (χ1n) is 13.4. The smallest absolute Gasteiger partial charge is 0.261 e. The summed E-state index contributed by atoms with van der Waals surface area (Å²) in [6.45, 7) is 21.4. The SMILES string of the molecule is C=Cc1nn(PI)c2ncc(-c3nn(C)nc3OCC(C)N(C)Cc3c(C)cnn3C)cc12.CC.CC.CC. The molecule has 2 unspecified atom stereocenters.